The summed E-state index contributed by atoms with van der Waals surface area (Å²) in [5.41, 5.74) is 5.02. The Kier molecular flexibility index (Phi) is 7.48. The molecule has 0 spiro atoms. The van der Waals surface area contributed by atoms with E-state index in [1.807, 2.05) is 13.8 Å². The van der Waals surface area contributed by atoms with E-state index in [2.05, 4.69) is 5.32 Å². The van der Waals surface area contributed by atoms with Crippen molar-refractivity contribution in [3.63, 3.8) is 0 Å². The fraction of sp³-hybridized carbons (Fsp3) is 0.533. The third-order valence-corrected chi connectivity index (χ3v) is 2.71. The minimum Gasteiger partial charge on any atom is -0.493 e. The van der Waals surface area contributed by atoms with Crippen molar-refractivity contribution in [3.05, 3.63) is 18.2 Å². The molecule has 0 fully saturated rings. The summed E-state index contributed by atoms with van der Waals surface area (Å²) >= 11 is 0. The monoisotopic (exact) mass is 312 g/mol. The maximum Gasteiger partial charge on any atom is 0.255 e. The molecular formula is C15H24N2O5. The number of primary amides is 1. The Bertz CT molecular complexity index is 479. The van der Waals surface area contributed by atoms with E-state index in [4.69, 9.17) is 19.9 Å². The van der Waals surface area contributed by atoms with Crippen LogP contribution in [0.1, 0.15) is 13.8 Å². The van der Waals surface area contributed by atoms with Crippen LogP contribution in [0.2, 0.25) is 0 Å². The van der Waals surface area contributed by atoms with Crippen molar-refractivity contribution in [2.24, 2.45) is 5.73 Å². The Morgan fingerprint density at radius 1 is 1.32 bits per heavy atom. The molecule has 1 rings (SSSR count). The predicted molar refractivity (Wildman–Crippen MR) is 82.3 cm³/mol. The SMILES string of the molecule is COc1cc(OCC(N)=O)ccc1OCC(O)CNC(C)C. The van der Waals surface area contributed by atoms with Gasteiger partial charge in [0.05, 0.1) is 7.11 Å². The van der Waals surface area contributed by atoms with Crippen molar-refractivity contribution < 1.29 is 24.1 Å². The minimum absolute atomic E-state index is 0.136. The number of methoxy groups -OCH3 is 1. The average molecular weight is 312 g/mol. The summed E-state index contributed by atoms with van der Waals surface area (Å²) in [6.07, 6.45) is -0.627. The first-order valence-electron chi connectivity index (χ1n) is 7.05. The smallest absolute Gasteiger partial charge is 0.255 e. The molecule has 7 heteroatoms. The molecule has 0 saturated heterocycles. The highest BCUT2D eigenvalue weighted by molar-refractivity contribution is 5.75. The third-order valence-electron chi connectivity index (χ3n) is 2.71. The van der Waals surface area contributed by atoms with Gasteiger partial charge >= 0.3 is 0 Å². The first-order valence-corrected chi connectivity index (χ1v) is 7.05. The number of hydrogen-bond acceptors (Lipinski definition) is 6. The standard InChI is InChI=1S/C15H24N2O5/c1-10(2)17-7-11(18)8-22-13-5-4-12(6-14(13)20-3)21-9-15(16)19/h4-6,10-11,17-18H,7-9H2,1-3H3,(H2,16,19). The van der Waals surface area contributed by atoms with Gasteiger partial charge < -0.3 is 30.4 Å². The van der Waals surface area contributed by atoms with Gasteiger partial charge in [-0.15, -0.1) is 0 Å². The average Bonchev–Trinajstić information content (AvgIpc) is 2.48. The van der Waals surface area contributed by atoms with Crippen LogP contribution in [0.5, 0.6) is 17.2 Å². The highest BCUT2D eigenvalue weighted by Crippen LogP contribution is 2.31. The molecule has 22 heavy (non-hydrogen) atoms. The van der Waals surface area contributed by atoms with Crippen LogP contribution in [0, 0.1) is 0 Å². The molecule has 1 atom stereocenters. The summed E-state index contributed by atoms with van der Waals surface area (Å²) in [6.45, 7) is 4.38. The number of aliphatic hydroxyl groups excluding tert-OH is 1. The maximum absolute atomic E-state index is 10.7. The third kappa shape index (κ3) is 6.64. The lowest BCUT2D eigenvalue weighted by Gasteiger charge is -2.16. The van der Waals surface area contributed by atoms with Crippen molar-refractivity contribution in [1.82, 2.24) is 5.32 Å². The van der Waals surface area contributed by atoms with E-state index in [0.29, 0.717) is 29.8 Å². The summed E-state index contributed by atoms with van der Waals surface area (Å²) in [4.78, 5) is 10.7. The van der Waals surface area contributed by atoms with E-state index in [-0.39, 0.29) is 13.2 Å². The van der Waals surface area contributed by atoms with Crippen LogP contribution < -0.4 is 25.3 Å². The summed E-state index contributed by atoms with van der Waals surface area (Å²) in [7, 11) is 1.50. The molecule has 0 aliphatic rings. The first-order chi connectivity index (χ1) is 10.4. The van der Waals surface area contributed by atoms with Gasteiger partial charge in [-0.3, -0.25) is 4.79 Å². The molecule has 0 bridgehead atoms. The van der Waals surface area contributed by atoms with Gasteiger partial charge in [-0.05, 0) is 12.1 Å². The summed E-state index contributed by atoms with van der Waals surface area (Å²) in [5.74, 6) is 0.827. The number of carbonyl (C=O) groups is 1. The molecular weight excluding hydrogens is 288 g/mol. The normalized spacial score (nSPS) is 12.0. The van der Waals surface area contributed by atoms with Crippen molar-refractivity contribution >= 4 is 5.91 Å². The van der Waals surface area contributed by atoms with Crippen molar-refractivity contribution in [2.45, 2.75) is 26.0 Å². The van der Waals surface area contributed by atoms with E-state index in [1.54, 1.807) is 18.2 Å². The number of hydrogen-bond donors (Lipinski definition) is 3. The second-order valence-electron chi connectivity index (χ2n) is 5.10. The van der Waals surface area contributed by atoms with E-state index >= 15 is 0 Å². The van der Waals surface area contributed by atoms with Crippen molar-refractivity contribution in [2.75, 3.05) is 26.9 Å². The van der Waals surface area contributed by atoms with Gasteiger partial charge in [0.25, 0.3) is 5.91 Å². The highest BCUT2D eigenvalue weighted by atomic mass is 16.5. The molecule has 1 aromatic rings. The van der Waals surface area contributed by atoms with Gasteiger partial charge in [0.15, 0.2) is 18.1 Å². The Labute approximate surface area is 130 Å². The molecule has 0 aliphatic heterocycles. The van der Waals surface area contributed by atoms with Gasteiger partial charge in [-0.1, -0.05) is 13.8 Å². The predicted octanol–water partition coefficient (Wildman–Crippen LogP) is 0.297. The van der Waals surface area contributed by atoms with Crippen LogP contribution in [0.3, 0.4) is 0 Å². The first kappa shape index (κ1) is 18.1. The van der Waals surface area contributed by atoms with E-state index in [1.165, 1.54) is 7.11 Å². The number of carbonyl (C=O) groups excluding carboxylic acids is 1. The Hall–Kier alpha value is -1.99. The summed E-state index contributed by atoms with van der Waals surface area (Å²) in [6, 6.07) is 5.18. The molecule has 0 aromatic heterocycles. The zero-order chi connectivity index (χ0) is 16.5. The van der Waals surface area contributed by atoms with Gasteiger partial charge in [0, 0.05) is 18.7 Å². The molecule has 0 aliphatic carbocycles. The summed E-state index contributed by atoms with van der Waals surface area (Å²) in [5, 5.41) is 12.9. The molecule has 124 valence electrons. The lowest BCUT2D eigenvalue weighted by Crippen LogP contribution is -2.35. The Morgan fingerprint density at radius 2 is 2.05 bits per heavy atom. The number of amides is 1. The quantitative estimate of drug-likeness (QED) is 0.574. The van der Waals surface area contributed by atoms with E-state index in [0.717, 1.165) is 0 Å². The Morgan fingerprint density at radius 3 is 2.64 bits per heavy atom. The number of aliphatic hydroxyl groups is 1. The van der Waals surface area contributed by atoms with Crippen LogP contribution in [0.4, 0.5) is 0 Å². The number of nitrogens with two attached hydrogens (primary N) is 1. The molecule has 0 heterocycles. The number of ether oxygens (including phenoxy) is 3. The molecule has 7 nitrogen and oxygen atoms in total. The van der Waals surface area contributed by atoms with Gasteiger partial charge in [0.2, 0.25) is 0 Å². The highest BCUT2D eigenvalue weighted by Gasteiger charge is 2.11. The second kappa shape index (κ2) is 9.11. The fourth-order valence-corrected chi connectivity index (χ4v) is 1.63. The van der Waals surface area contributed by atoms with Crippen molar-refractivity contribution in [1.29, 1.82) is 0 Å². The zero-order valence-electron chi connectivity index (χ0n) is 13.2. The molecule has 1 amide bonds. The van der Waals surface area contributed by atoms with Crippen LogP contribution in [-0.4, -0.2) is 50.0 Å². The summed E-state index contributed by atoms with van der Waals surface area (Å²) < 4.78 is 15.9. The number of rotatable bonds is 10. The minimum atomic E-state index is -0.627. The zero-order valence-corrected chi connectivity index (χ0v) is 13.2. The van der Waals surface area contributed by atoms with Crippen LogP contribution in [0.25, 0.3) is 0 Å². The molecule has 1 unspecified atom stereocenters. The molecule has 0 radical (unpaired) electrons. The molecule has 4 N–H and O–H groups in total. The van der Waals surface area contributed by atoms with Gasteiger partial charge in [-0.2, -0.15) is 0 Å². The molecule has 1 aromatic carbocycles. The van der Waals surface area contributed by atoms with Crippen LogP contribution in [-0.2, 0) is 4.79 Å². The van der Waals surface area contributed by atoms with Crippen molar-refractivity contribution in [3.8, 4) is 17.2 Å². The lowest BCUT2D eigenvalue weighted by atomic mass is 10.3. The van der Waals surface area contributed by atoms with Gasteiger partial charge in [-0.25, -0.2) is 0 Å². The number of benzene rings is 1. The number of nitrogens with one attached hydrogen (secondary N) is 1. The van der Waals surface area contributed by atoms with Gasteiger partial charge in [0.1, 0.15) is 18.5 Å². The largest absolute Gasteiger partial charge is 0.493 e. The lowest BCUT2D eigenvalue weighted by molar-refractivity contribution is -0.119. The maximum atomic E-state index is 10.7. The van der Waals surface area contributed by atoms with Crippen LogP contribution >= 0.6 is 0 Å². The van der Waals surface area contributed by atoms with E-state index < -0.39 is 12.0 Å². The Balaban J connectivity index is 2.57. The molecule has 0 saturated carbocycles. The fourth-order valence-electron chi connectivity index (χ4n) is 1.63. The second-order valence-corrected chi connectivity index (χ2v) is 5.10. The topological polar surface area (TPSA) is 103 Å². The van der Waals surface area contributed by atoms with E-state index in [9.17, 15) is 9.90 Å². The van der Waals surface area contributed by atoms with Crippen LogP contribution in [0.15, 0.2) is 18.2 Å².